The molecule has 1 aliphatic heterocycles. The number of aliphatic hydroxyl groups is 2. The number of nitrogens with one attached hydrogen (secondary N) is 1. The number of fused-ring (bicyclic) bond motifs is 1. The SMILES string of the molecule is COc1nc(N)nc2c1ncn2C(O)[C@H](O)[C@@H](CO[P@@](=O)(N[C@H](C)C(=O)OC(C)C)SC[C@@H]1C(=O)N(C)C(=O)N1C)OC. The summed E-state index contributed by atoms with van der Waals surface area (Å²) in [5, 5.41) is 24.6. The number of aliphatic hydroxyl groups excluding tert-OH is 2. The first-order valence-corrected chi connectivity index (χ1v) is 16.2. The van der Waals surface area contributed by atoms with Crippen molar-refractivity contribution in [3.05, 3.63) is 6.33 Å². The van der Waals surface area contributed by atoms with Crippen LogP contribution in [0.4, 0.5) is 10.7 Å². The first kappa shape index (κ1) is 34.4. The fourth-order valence-corrected chi connectivity index (χ4v) is 7.98. The van der Waals surface area contributed by atoms with Crippen LogP contribution in [0.2, 0.25) is 0 Å². The molecule has 3 heterocycles. The van der Waals surface area contributed by atoms with Gasteiger partial charge in [-0.05, 0) is 20.8 Å². The largest absolute Gasteiger partial charge is 0.479 e. The molecule has 0 bridgehead atoms. The van der Waals surface area contributed by atoms with Gasteiger partial charge in [0.2, 0.25) is 11.8 Å². The molecule has 1 unspecified atom stereocenters. The van der Waals surface area contributed by atoms with Crippen molar-refractivity contribution in [3.63, 3.8) is 0 Å². The number of esters is 1. The molecule has 0 saturated carbocycles. The number of hydrogen-bond donors (Lipinski definition) is 4. The fourth-order valence-electron chi connectivity index (χ4n) is 4.02. The molecule has 0 spiro atoms. The van der Waals surface area contributed by atoms with Gasteiger partial charge in [-0.1, -0.05) is 11.4 Å². The van der Waals surface area contributed by atoms with Crippen molar-refractivity contribution in [1.82, 2.24) is 34.4 Å². The molecule has 0 radical (unpaired) electrons. The minimum absolute atomic E-state index is 0.0583. The van der Waals surface area contributed by atoms with Gasteiger partial charge in [-0.3, -0.25) is 23.6 Å². The summed E-state index contributed by atoms with van der Waals surface area (Å²) < 4.78 is 36.5. The van der Waals surface area contributed by atoms with Crippen molar-refractivity contribution in [2.24, 2.45) is 0 Å². The van der Waals surface area contributed by atoms with Gasteiger partial charge in [0.25, 0.3) is 5.91 Å². The van der Waals surface area contributed by atoms with E-state index in [4.69, 9.17) is 24.5 Å². The Hall–Kier alpha value is -3.06. The lowest BCUT2D eigenvalue weighted by Crippen LogP contribution is -2.40. The third-order valence-electron chi connectivity index (χ3n) is 6.41. The van der Waals surface area contributed by atoms with Crippen molar-refractivity contribution in [1.29, 1.82) is 0 Å². The maximum Gasteiger partial charge on any atom is 0.327 e. The number of ether oxygens (including phenoxy) is 3. The van der Waals surface area contributed by atoms with Crippen molar-refractivity contribution < 1.29 is 47.9 Å². The summed E-state index contributed by atoms with van der Waals surface area (Å²) in [5.41, 5.74) is 5.97. The standard InChI is InChI=1S/C23H37N8O10PS/c1-11(2)41-21(35)12(3)28-42(37,43-9-13-19(33)30(5)23(36)29(13)4)40-8-14(38-6)16(32)20(34)31-10-25-15-17(31)26-22(24)27-18(15)39-7/h10-14,16,20,32,34H,8-9H2,1-7H3,(H,28,37)(H2,24,26,27)/t12-,13-,14-,16-,20?,42+/m1/s1. The third-order valence-corrected chi connectivity index (χ3v) is 10.5. The van der Waals surface area contributed by atoms with Crippen LogP contribution in [0.25, 0.3) is 11.2 Å². The minimum Gasteiger partial charge on any atom is -0.479 e. The van der Waals surface area contributed by atoms with Crippen LogP contribution in [-0.4, -0.2) is 129 Å². The highest BCUT2D eigenvalue weighted by atomic mass is 32.7. The molecule has 1 aliphatic rings. The van der Waals surface area contributed by atoms with E-state index in [9.17, 15) is 29.2 Å². The Balaban J connectivity index is 1.80. The second-order valence-electron chi connectivity index (χ2n) is 9.83. The van der Waals surface area contributed by atoms with Gasteiger partial charge in [0.1, 0.15) is 24.3 Å². The highest BCUT2D eigenvalue weighted by Crippen LogP contribution is 2.57. The molecule has 43 heavy (non-hydrogen) atoms. The minimum atomic E-state index is -4.06. The van der Waals surface area contributed by atoms with Gasteiger partial charge in [0, 0.05) is 27.0 Å². The molecule has 3 amide bonds. The van der Waals surface area contributed by atoms with Gasteiger partial charge in [-0.2, -0.15) is 9.97 Å². The zero-order valence-corrected chi connectivity index (χ0v) is 26.4. The summed E-state index contributed by atoms with van der Waals surface area (Å²) >= 11 is 0.689. The summed E-state index contributed by atoms with van der Waals surface area (Å²) in [6.07, 6.45) is -3.89. The number of aromatic nitrogens is 4. The number of methoxy groups -OCH3 is 2. The molecule has 1 fully saturated rings. The van der Waals surface area contributed by atoms with Gasteiger partial charge in [-0.15, -0.1) is 0 Å². The van der Waals surface area contributed by atoms with Crippen LogP contribution in [0.15, 0.2) is 6.33 Å². The number of rotatable bonds is 15. The molecular formula is C23H37N8O10PS. The summed E-state index contributed by atoms with van der Waals surface area (Å²) in [5.74, 6) is -1.45. The number of hydrogen-bond acceptors (Lipinski definition) is 15. The Morgan fingerprint density at radius 1 is 1.21 bits per heavy atom. The molecule has 18 nitrogen and oxygen atoms in total. The van der Waals surface area contributed by atoms with Crippen molar-refractivity contribution >= 4 is 53.1 Å². The molecule has 5 N–H and O–H groups in total. The number of nitrogens with two attached hydrogens (primary N) is 1. The molecule has 0 aliphatic carbocycles. The van der Waals surface area contributed by atoms with E-state index in [1.807, 2.05) is 0 Å². The second kappa shape index (κ2) is 14.1. The Kier molecular flexibility index (Phi) is 11.3. The second-order valence-corrected chi connectivity index (χ2v) is 14.1. The summed E-state index contributed by atoms with van der Waals surface area (Å²) in [4.78, 5) is 51.4. The van der Waals surface area contributed by atoms with Crippen LogP contribution < -0.4 is 15.6 Å². The van der Waals surface area contributed by atoms with E-state index in [2.05, 4.69) is 20.0 Å². The van der Waals surface area contributed by atoms with Crippen LogP contribution in [0, 0.1) is 0 Å². The normalized spacial score (nSPS) is 19.9. The number of carbonyl (C=O) groups is 3. The lowest BCUT2D eigenvalue weighted by molar-refractivity contribution is -0.149. The molecule has 240 valence electrons. The van der Waals surface area contributed by atoms with Crippen molar-refractivity contribution in [2.45, 2.75) is 57.4 Å². The maximum atomic E-state index is 14.0. The Bertz CT molecular complexity index is 1380. The Morgan fingerprint density at radius 2 is 1.88 bits per heavy atom. The lowest BCUT2D eigenvalue weighted by Gasteiger charge is -2.29. The number of nitrogens with zero attached hydrogens (tertiary/aromatic N) is 6. The van der Waals surface area contributed by atoms with Gasteiger partial charge in [-0.25, -0.2) is 14.9 Å². The number of imidazole rings is 1. The third kappa shape index (κ3) is 7.72. The summed E-state index contributed by atoms with van der Waals surface area (Å²) in [7, 11) is 5.36. The van der Waals surface area contributed by atoms with Crippen LogP contribution >= 0.6 is 18.1 Å². The van der Waals surface area contributed by atoms with E-state index in [1.54, 1.807) is 13.8 Å². The number of nitrogen functional groups attached to an aromatic ring is 1. The number of anilines is 1. The Morgan fingerprint density at radius 3 is 2.44 bits per heavy atom. The quantitative estimate of drug-likeness (QED) is 0.113. The molecule has 2 aromatic heterocycles. The van der Waals surface area contributed by atoms with Gasteiger partial charge < -0.3 is 39.6 Å². The van der Waals surface area contributed by atoms with E-state index < -0.39 is 67.9 Å². The van der Waals surface area contributed by atoms with Crippen LogP contribution in [-0.2, 0) is 28.2 Å². The molecule has 2 aromatic rings. The fraction of sp³-hybridized carbons (Fsp3) is 0.652. The van der Waals surface area contributed by atoms with Crippen molar-refractivity contribution in [2.75, 3.05) is 46.4 Å². The predicted octanol–water partition coefficient (Wildman–Crippen LogP) is -0.0361. The van der Waals surface area contributed by atoms with Crippen molar-refractivity contribution in [3.8, 4) is 5.88 Å². The summed E-state index contributed by atoms with van der Waals surface area (Å²) in [6.45, 7) is 0.124. The number of imide groups is 1. The topological polar surface area (TPSA) is 234 Å². The number of urea groups is 1. The van der Waals surface area contributed by atoms with E-state index in [0.29, 0.717) is 11.4 Å². The number of amides is 3. The zero-order chi connectivity index (χ0) is 32.2. The van der Waals surface area contributed by atoms with Crippen LogP contribution in [0.5, 0.6) is 5.88 Å². The predicted molar refractivity (Wildman–Crippen MR) is 154 cm³/mol. The highest BCUT2D eigenvalue weighted by molar-refractivity contribution is 8.56. The van der Waals surface area contributed by atoms with Crippen LogP contribution in [0.1, 0.15) is 27.0 Å². The molecule has 3 rings (SSSR count). The van der Waals surface area contributed by atoms with E-state index in [1.165, 1.54) is 46.5 Å². The first-order valence-electron chi connectivity index (χ1n) is 13.0. The van der Waals surface area contributed by atoms with Crippen LogP contribution in [0.3, 0.4) is 0 Å². The average molecular weight is 649 g/mol. The first-order chi connectivity index (χ1) is 20.1. The van der Waals surface area contributed by atoms with Gasteiger partial charge in [0.05, 0.1) is 26.1 Å². The van der Waals surface area contributed by atoms with Gasteiger partial charge in [0.15, 0.2) is 17.4 Å². The molecular weight excluding hydrogens is 611 g/mol. The average Bonchev–Trinajstić information content (AvgIpc) is 3.45. The monoisotopic (exact) mass is 648 g/mol. The lowest BCUT2D eigenvalue weighted by atomic mass is 10.2. The smallest absolute Gasteiger partial charge is 0.327 e. The maximum absolute atomic E-state index is 14.0. The molecule has 0 aromatic carbocycles. The molecule has 1 saturated heterocycles. The highest BCUT2D eigenvalue weighted by Gasteiger charge is 2.43. The number of carbonyl (C=O) groups excluding carboxylic acids is 3. The molecule has 6 atom stereocenters. The van der Waals surface area contributed by atoms with E-state index in [-0.39, 0.29) is 28.7 Å². The number of likely N-dealkylation sites (N-methyl/N-ethyl adjacent to an activating group) is 2. The molecule has 20 heteroatoms. The summed E-state index contributed by atoms with van der Waals surface area (Å²) in [6, 6.07) is -2.57. The zero-order valence-electron chi connectivity index (χ0n) is 24.7. The van der Waals surface area contributed by atoms with E-state index >= 15 is 0 Å². The van der Waals surface area contributed by atoms with E-state index in [0.717, 1.165) is 9.47 Å². The van der Waals surface area contributed by atoms with Gasteiger partial charge >= 0.3 is 18.7 Å². The Labute approximate surface area is 251 Å².